The number of aliphatic hydroxyl groups excluding tert-OH is 1. The largest absolute Gasteiger partial charge is 0.453 e. The predicted octanol–water partition coefficient (Wildman–Crippen LogP) is 4.44. The van der Waals surface area contributed by atoms with Crippen molar-refractivity contribution in [2.75, 3.05) is 24.6 Å². The van der Waals surface area contributed by atoms with Gasteiger partial charge in [-0.05, 0) is 26.0 Å². The van der Waals surface area contributed by atoms with Gasteiger partial charge in [0.05, 0.1) is 11.0 Å². The number of pyridine rings is 1. The normalized spacial score (nSPS) is 12.2. The molecule has 0 amide bonds. The lowest BCUT2D eigenvalue weighted by Crippen LogP contribution is -2.34. The van der Waals surface area contributed by atoms with Gasteiger partial charge in [0.1, 0.15) is 17.8 Å². The summed E-state index contributed by atoms with van der Waals surface area (Å²) in [6.07, 6.45) is 3.85. The van der Waals surface area contributed by atoms with Gasteiger partial charge in [-0.2, -0.15) is 0 Å². The van der Waals surface area contributed by atoms with Crippen molar-refractivity contribution in [2.45, 2.75) is 20.4 Å². The third kappa shape index (κ3) is 4.05. The van der Waals surface area contributed by atoms with Gasteiger partial charge in [0, 0.05) is 53.8 Å². The molecule has 33 heavy (non-hydrogen) atoms. The zero-order valence-corrected chi connectivity index (χ0v) is 18.9. The van der Waals surface area contributed by atoms with E-state index in [0.29, 0.717) is 12.3 Å². The zero-order chi connectivity index (χ0) is 22.8. The van der Waals surface area contributed by atoms with E-state index in [4.69, 9.17) is 19.5 Å². The summed E-state index contributed by atoms with van der Waals surface area (Å²) in [5.41, 5.74) is 4.40. The Morgan fingerprint density at radius 1 is 0.970 bits per heavy atom. The first kappa shape index (κ1) is 21.1. The summed E-state index contributed by atoms with van der Waals surface area (Å²) in [5.74, 6) is 0.711. The van der Waals surface area contributed by atoms with Crippen LogP contribution in [0.1, 0.15) is 13.8 Å². The standard InChI is InChI=1S/C27H27N4O2/c1-3-31(4-2)20-9-10-23-25(17-20)33-26-18-24(21-7-5-6-8-22(21)27(26)29-23)28-19-11-13-30(14-12-19)15-16-32/h5-14,17-18,32H,3-4,15-16H2,1-2H3/q+1. The molecular formula is C27H27N4O2+. The van der Waals surface area contributed by atoms with Gasteiger partial charge in [-0.1, -0.05) is 24.3 Å². The quantitative estimate of drug-likeness (QED) is 0.241. The van der Waals surface area contributed by atoms with Gasteiger partial charge in [-0.15, -0.1) is 0 Å². The number of nitrogens with zero attached hydrogens (tertiary/aromatic N) is 4. The molecule has 6 heteroatoms. The SMILES string of the molecule is CCN(CC)c1ccc2nc3c4ccccc4c(=Nc4cc[n+](CCO)cc4)cc-3oc2c1. The van der Waals surface area contributed by atoms with Crippen LogP contribution >= 0.6 is 0 Å². The Labute approximate surface area is 192 Å². The second kappa shape index (κ2) is 9.00. The minimum Gasteiger partial charge on any atom is -0.453 e. The van der Waals surface area contributed by atoms with Crippen LogP contribution in [0.2, 0.25) is 0 Å². The summed E-state index contributed by atoms with van der Waals surface area (Å²) < 4.78 is 8.31. The van der Waals surface area contributed by atoms with Gasteiger partial charge in [0.15, 0.2) is 30.3 Å². The molecule has 166 valence electrons. The van der Waals surface area contributed by atoms with Gasteiger partial charge in [-0.25, -0.2) is 14.5 Å². The molecule has 0 spiro atoms. The zero-order valence-electron chi connectivity index (χ0n) is 18.9. The molecule has 5 rings (SSSR count). The molecule has 2 heterocycles. The van der Waals surface area contributed by atoms with Crippen LogP contribution in [0.15, 0.2) is 82.5 Å². The first-order valence-corrected chi connectivity index (χ1v) is 11.4. The monoisotopic (exact) mass is 439 g/mol. The van der Waals surface area contributed by atoms with Gasteiger partial charge >= 0.3 is 0 Å². The van der Waals surface area contributed by atoms with Crippen molar-refractivity contribution in [3.05, 3.63) is 78.4 Å². The lowest BCUT2D eigenvalue weighted by molar-refractivity contribution is -0.698. The van der Waals surface area contributed by atoms with E-state index in [2.05, 4.69) is 43.0 Å². The van der Waals surface area contributed by atoms with Crippen molar-refractivity contribution in [2.24, 2.45) is 4.99 Å². The van der Waals surface area contributed by atoms with Crippen molar-refractivity contribution in [1.82, 2.24) is 4.98 Å². The molecule has 2 aromatic carbocycles. The second-order valence-electron chi connectivity index (χ2n) is 7.96. The average molecular weight is 440 g/mol. The van der Waals surface area contributed by atoms with E-state index in [9.17, 15) is 0 Å². The van der Waals surface area contributed by atoms with Crippen LogP contribution in [0.3, 0.4) is 0 Å². The number of aliphatic hydroxyl groups is 1. The fraction of sp³-hybridized carbons (Fsp3) is 0.222. The fourth-order valence-electron chi connectivity index (χ4n) is 4.23. The van der Waals surface area contributed by atoms with Gasteiger partial charge < -0.3 is 14.4 Å². The molecular weight excluding hydrogens is 412 g/mol. The Hall–Kier alpha value is -3.77. The highest BCUT2D eigenvalue weighted by atomic mass is 16.3. The molecule has 3 aromatic rings. The number of benzene rings is 3. The molecule has 0 saturated carbocycles. The van der Waals surface area contributed by atoms with Crippen molar-refractivity contribution < 1.29 is 14.1 Å². The number of anilines is 1. The second-order valence-corrected chi connectivity index (χ2v) is 7.96. The van der Waals surface area contributed by atoms with E-state index >= 15 is 0 Å². The van der Waals surface area contributed by atoms with Gasteiger partial charge in [0.2, 0.25) is 0 Å². The first-order chi connectivity index (χ1) is 16.2. The average Bonchev–Trinajstić information content (AvgIpc) is 2.85. The van der Waals surface area contributed by atoms with Crippen LogP contribution in [-0.2, 0) is 6.54 Å². The first-order valence-electron chi connectivity index (χ1n) is 11.4. The molecule has 6 nitrogen and oxygen atoms in total. The third-order valence-electron chi connectivity index (χ3n) is 5.96. The van der Waals surface area contributed by atoms with Crippen molar-refractivity contribution in [1.29, 1.82) is 0 Å². The molecule has 0 unspecified atom stereocenters. The molecule has 0 atom stereocenters. The Balaban J connectivity index is 1.72. The fourth-order valence-corrected chi connectivity index (χ4v) is 4.23. The van der Waals surface area contributed by atoms with Crippen LogP contribution in [0.25, 0.3) is 33.3 Å². The van der Waals surface area contributed by atoms with Gasteiger partial charge in [0.25, 0.3) is 0 Å². The van der Waals surface area contributed by atoms with Crippen LogP contribution in [0.4, 0.5) is 11.4 Å². The highest BCUT2D eigenvalue weighted by Crippen LogP contribution is 2.31. The van der Waals surface area contributed by atoms with Crippen LogP contribution in [-0.4, -0.2) is 29.8 Å². The van der Waals surface area contributed by atoms with E-state index in [0.717, 1.165) is 57.4 Å². The molecule has 1 aromatic heterocycles. The Bertz CT molecular complexity index is 1450. The van der Waals surface area contributed by atoms with E-state index in [1.165, 1.54) is 0 Å². The Morgan fingerprint density at radius 2 is 1.73 bits per heavy atom. The van der Waals surface area contributed by atoms with Gasteiger partial charge in [-0.3, -0.25) is 0 Å². The lowest BCUT2D eigenvalue weighted by atomic mass is 10.0. The molecule has 2 aliphatic rings. The Morgan fingerprint density at radius 3 is 2.45 bits per heavy atom. The van der Waals surface area contributed by atoms with E-state index < -0.39 is 0 Å². The molecule has 0 fully saturated rings. The summed E-state index contributed by atoms with van der Waals surface area (Å²) in [5, 5.41) is 12.0. The molecule has 1 N–H and O–H groups in total. The third-order valence-corrected chi connectivity index (χ3v) is 5.96. The predicted molar refractivity (Wildman–Crippen MR) is 131 cm³/mol. The van der Waals surface area contributed by atoms with Crippen LogP contribution in [0, 0.1) is 0 Å². The highest BCUT2D eigenvalue weighted by Gasteiger charge is 2.15. The number of hydrogen-bond acceptors (Lipinski definition) is 5. The minimum absolute atomic E-state index is 0.106. The summed E-state index contributed by atoms with van der Waals surface area (Å²) in [4.78, 5) is 12.1. The van der Waals surface area contributed by atoms with Crippen molar-refractivity contribution in [3.63, 3.8) is 0 Å². The van der Waals surface area contributed by atoms with Crippen LogP contribution in [0.5, 0.6) is 0 Å². The summed E-state index contributed by atoms with van der Waals surface area (Å²) >= 11 is 0. The Kier molecular flexibility index (Phi) is 5.75. The van der Waals surface area contributed by atoms with Crippen molar-refractivity contribution in [3.8, 4) is 11.5 Å². The van der Waals surface area contributed by atoms with E-state index in [1.54, 1.807) is 0 Å². The van der Waals surface area contributed by atoms with Crippen LogP contribution < -0.4 is 14.8 Å². The van der Waals surface area contributed by atoms with E-state index in [1.807, 2.05) is 53.4 Å². The summed E-state index contributed by atoms with van der Waals surface area (Å²) in [7, 11) is 0. The minimum atomic E-state index is 0.106. The topological polar surface area (TPSA) is 65.7 Å². The smallest absolute Gasteiger partial charge is 0.171 e. The summed E-state index contributed by atoms with van der Waals surface area (Å²) in [6, 6.07) is 20.2. The number of hydrogen-bond donors (Lipinski definition) is 1. The maximum absolute atomic E-state index is 9.13. The molecule has 0 bridgehead atoms. The number of fused-ring (bicyclic) bond motifs is 4. The lowest BCUT2D eigenvalue weighted by Gasteiger charge is -2.21. The maximum Gasteiger partial charge on any atom is 0.171 e. The maximum atomic E-state index is 9.13. The summed E-state index contributed by atoms with van der Waals surface area (Å²) in [6.45, 7) is 6.84. The number of rotatable bonds is 6. The highest BCUT2D eigenvalue weighted by molar-refractivity contribution is 5.96. The molecule has 1 aliphatic carbocycles. The van der Waals surface area contributed by atoms with E-state index in [-0.39, 0.29) is 6.61 Å². The molecule has 0 saturated heterocycles. The molecule has 1 aliphatic heterocycles. The van der Waals surface area contributed by atoms with Crippen molar-refractivity contribution >= 4 is 33.2 Å². The number of aromatic nitrogens is 2. The molecule has 0 radical (unpaired) electrons.